The molecule has 6 nitrogen and oxygen atoms in total. The van der Waals surface area contributed by atoms with Crippen molar-refractivity contribution in [1.29, 1.82) is 0 Å². The molecule has 3 rings (SSSR count). The first-order valence-electron chi connectivity index (χ1n) is 9.61. The Balaban J connectivity index is 1.85. The number of halogens is 1. The third-order valence-electron chi connectivity index (χ3n) is 5.06. The molecule has 2 heterocycles. The molecular formula is C21H26FN3O3. The van der Waals surface area contributed by atoms with Crippen molar-refractivity contribution < 1.29 is 18.7 Å². The van der Waals surface area contributed by atoms with Gasteiger partial charge in [0.1, 0.15) is 11.5 Å². The molecule has 0 aliphatic carbocycles. The molecule has 0 spiro atoms. The first-order valence-corrected chi connectivity index (χ1v) is 9.61. The molecule has 0 unspecified atom stereocenters. The molecule has 0 bridgehead atoms. The van der Waals surface area contributed by atoms with Crippen LogP contribution in [0.5, 0.6) is 0 Å². The highest BCUT2D eigenvalue weighted by Gasteiger charge is 2.25. The third-order valence-corrected chi connectivity index (χ3v) is 5.06. The van der Waals surface area contributed by atoms with Crippen molar-refractivity contribution in [2.24, 2.45) is 0 Å². The van der Waals surface area contributed by atoms with E-state index in [9.17, 15) is 14.0 Å². The van der Waals surface area contributed by atoms with Crippen molar-refractivity contribution in [1.82, 2.24) is 4.98 Å². The van der Waals surface area contributed by atoms with Gasteiger partial charge in [0.05, 0.1) is 18.4 Å². The van der Waals surface area contributed by atoms with Gasteiger partial charge in [-0.25, -0.2) is 9.18 Å². The van der Waals surface area contributed by atoms with Crippen molar-refractivity contribution in [2.75, 3.05) is 30.4 Å². The number of rotatable bonds is 6. The highest BCUT2D eigenvalue weighted by molar-refractivity contribution is 6.07. The molecule has 1 aromatic carbocycles. The summed E-state index contributed by atoms with van der Waals surface area (Å²) in [5.41, 5.74) is 2.84. The number of amides is 1. The van der Waals surface area contributed by atoms with E-state index in [4.69, 9.17) is 4.74 Å². The van der Waals surface area contributed by atoms with Crippen molar-refractivity contribution >= 4 is 23.3 Å². The molecule has 2 aromatic rings. The van der Waals surface area contributed by atoms with Gasteiger partial charge < -0.3 is 19.9 Å². The van der Waals surface area contributed by atoms with Crippen LogP contribution in [0, 0.1) is 12.7 Å². The van der Waals surface area contributed by atoms with E-state index in [1.54, 1.807) is 19.1 Å². The molecule has 1 amide bonds. The maximum atomic E-state index is 14.5. The predicted molar refractivity (Wildman–Crippen MR) is 107 cm³/mol. The van der Waals surface area contributed by atoms with E-state index in [0.29, 0.717) is 40.3 Å². The second-order valence-electron chi connectivity index (χ2n) is 7.03. The van der Waals surface area contributed by atoms with Gasteiger partial charge in [0, 0.05) is 24.5 Å². The third kappa shape index (κ3) is 3.88. The minimum Gasteiger partial charge on any atom is -0.465 e. The van der Waals surface area contributed by atoms with Crippen LogP contribution >= 0.6 is 0 Å². The Morgan fingerprint density at radius 2 is 2.00 bits per heavy atom. The lowest BCUT2D eigenvalue weighted by Crippen LogP contribution is -2.19. The van der Waals surface area contributed by atoms with Crippen LogP contribution < -0.4 is 10.2 Å². The van der Waals surface area contributed by atoms with Crippen LogP contribution in [-0.4, -0.2) is 37.1 Å². The normalized spacial score (nSPS) is 13.6. The summed E-state index contributed by atoms with van der Waals surface area (Å²) in [6, 6.07) is 4.73. The number of H-pyrrole nitrogens is 1. The van der Waals surface area contributed by atoms with Gasteiger partial charge in [-0.3, -0.25) is 4.79 Å². The number of aryl methyl sites for hydroxylation is 1. The Kier molecular flexibility index (Phi) is 6.02. The van der Waals surface area contributed by atoms with Crippen molar-refractivity contribution in [3.05, 3.63) is 46.5 Å². The summed E-state index contributed by atoms with van der Waals surface area (Å²) in [7, 11) is 1.31. The molecule has 2 N–H and O–H groups in total. The van der Waals surface area contributed by atoms with Crippen LogP contribution in [-0.2, 0) is 11.2 Å². The van der Waals surface area contributed by atoms with Gasteiger partial charge in [-0.15, -0.1) is 0 Å². The van der Waals surface area contributed by atoms with E-state index in [-0.39, 0.29) is 5.82 Å². The molecule has 7 heteroatoms. The van der Waals surface area contributed by atoms with E-state index in [0.717, 1.165) is 32.4 Å². The molecule has 0 saturated carbocycles. The average molecular weight is 387 g/mol. The smallest absolute Gasteiger partial charge is 0.339 e. The summed E-state index contributed by atoms with van der Waals surface area (Å²) < 4.78 is 19.4. The summed E-state index contributed by atoms with van der Waals surface area (Å²) in [5, 5.41) is 2.73. The van der Waals surface area contributed by atoms with Crippen molar-refractivity contribution in [3.8, 4) is 0 Å². The van der Waals surface area contributed by atoms with Crippen LogP contribution in [0.4, 0.5) is 15.8 Å². The van der Waals surface area contributed by atoms with Crippen LogP contribution in [0.2, 0.25) is 0 Å². The number of benzene rings is 1. The van der Waals surface area contributed by atoms with Crippen LogP contribution in [0.3, 0.4) is 0 Å². The van der Waals surface area contributed by atoms with Gasteiger partial charge >= 0.3 is 5.97 Å². The number of anilines is 2. The fourth-order valence-electron chi connectivity index (χ4n) is 3.74. The number of nitrogens with one attached hydrogen (secondary N) is 2. The molecule has 150 valence electrons. The first kappa shape index (κ1) is 19.9. The summed E-state index contributed by atoms with van der Waals surface area (Å²) >= 11 is 0. The number of esters is 1. The van der Waals surface area contributed by atoms with Gasteiger partial charge in [-0.2, -0.15) is 0 Å². The summed E-state index contributed by atoms with van der Waals surface area (Å²) in [6.07, 6.45) is 3.44. The zero-order valence-corrected chi connectivity index (χ0v) is 16.5. The van der Waals surface area contributed by atoms with Gasteiger partial charge in [0.15, 0.2) is 0 Å². The number of nitrogens with zero attached hydrogens (tertiary/aromatic N) is 1. The number of methoxy groups -OCH3 is 1. The molecule has 0 radical (unpaired) electrons. The maximum absolute atomic E-state index is 14.5. The van der Waals surface area contributed by atoms with Crippen LogP contribution in [0.25, 0.3) is 0 Å². The number of carbonyl (C=O) groups is 2. The van der Waals surface area contributed by atoms with Crippen molar-refractivity contribution in [2.45, 2.75) is 39.5 Å². The maximum Gasteiger partial charge on any atom is 0.339 e. The van der Waals surface area contributed by atoms with E-state index in [2.05, 4.69) is 10.3 Å². The summed E-state index contributed by atoms with van der Waals surface area (Å²) in [6.45, 7) is 5.40. The molecule has 1 fully saturated rings. The molecule has 1 aromatic heterocycles. The molecule has 1 saturated heterocycles. The quantitative estimate of drug-likeness (QED) is 0.733. The Morgan fingerprint density at radius 1 is 1.29 bits per heavy atom. The molecule has 1 aliphatic heterocycles. The second kappa shape index (κ2) is 8.46. The van der Waals surface area contributed by atoms with Crippen LogP contribution in [0.15, 0.2) is 18.2 Å². The Bertz CT molecular complexity index is 885. The lowest BCUT2D eigenvalue weighted by atomic mass is 10.0. The predicted octanol–water partition coefficient (Wildman–Crippen LogP) is 4.05. The summed E-state index contributed by atoms with van der Waals surface area (Å²) in [4.78, 5) is 29.9. The lowest BCUT2D eigenvalue weighted by molar-refractivity contribution is 0.0599. The molecule has 0 atom stereocenters. The Hall–Kier alpha value is -2.83. The minimum atomic E-state index is -0.475. The monoisotopic (exact) mass is 387 g/mol. The number of hydrogen-bond acceptors (Lipinski definition) is 4. The van der Waals surface area contributed by atoms with Gasteiger partial charge in [-0.05, 0) is 49.9 Å². The van der Waals surface area contributed by atoms with E-state index >= 15 is 0 Å². The minimum absolute atomic E-state index is 0.309. The fourth-order valence-corrected chi connectivity index (χ4v) is 3.74. The standard InChI is InChI=1S/C21H26FN3O3/c1-4-7-15-18(21(27)28-3)13(2)23-19(15)20(26)24-14-8-9-17(16(22)12-14)25-10-5-6-11-25/h8-9,12,23H,4-7,10-11H2,1-3H3,(H,24,26). The zero-order valence-electron chi connectivity index (χ0n) is 16.5. The SMILES string of the molecule is CCCc1c(C(=O)Nc2ccc(N3CCCC3)c(F)c2)[nH]c(C)c1C(=O)OC. The number of aromatic nitrogens is 1. The highest BCUT2D eigenvalue weighted by Crippen LogP contribution is 2.27. The Labute approximate surface area is 164 Å². The molecule has 1 aliphatic rings. The van der Waals surface area contributed by atoms with Crippen LogP contribution in [0.1, 0.15) is 58.3 Å². The van der Waals surface area contributed by atoms with Crippen molar-refractivity contribution in [3.63, 3.8) is 0 Å². The number of aromatic amines is 1. The number of hydrogen-bond donors (Lipinski definition) is 2. The molecule has 28 heavy (non-hydrogen) atoms. The average Bonchev–Trinajstić information content (AvgIpc) is 3.30. The van der Waals surface area contributed by atoms with E-state index in [1.165, 1.54) is 13.2 Å². The van der Waals surface area contributed by atoms with E-state index in [1.807, 2.05) is 11.8 Å². The largest absolute Gasteiger partial charge is 0.465 e. The highest BCUT2D eigenvalue weighted by atomic mass is 19.1. The topological polar surface area (TPSA) is 74.4 Å². The zero-order chi connectivity index (χ0) is 20.3. The first-order chi connectivity index (χ1) is 13.5. The Morgan fingerprint density at radius 3 is 2.61 bits per heavy atom. The summed E-state index contributed by atoms with van der Waals surface area (Å²) in [5.74, 6) is -1.24. The van der Waals surface area contributed by atoms with Gasteiger partial charge in [0.2, 0.25) is 0 Å². The van der Waals surface area contributed by atoms with Gasteiger partial charge in [-0.1, -0.05) is 13.3 Å². The number of carbonyl (C=O) groups excluding carboxylic acids is 2. The number of ether oxygens (including phenoxy) is 1. The molecular weight excluding hydrogens is 361 g/mol. The fraction of sp³-hybridized carbons (Fsp3) is 0.429. The van der Waals surface area contributed by atoms with E-state index < -0.39 is 11.9 Å². The second-order valence-corrected chi connectivity index (χ2v) is 7.03. The lowest BCUT2D eigenvalue weighted by Gasteiger charge is -2.18. The van der Waals surface area contributed by atoms with Gasteiger partial charge in [0.25, 0.3) is 5.91 Å².